The van der Waals surface area contributed by atoms with Crippen LogP contribution in [0.25, 0.3) is 0 Å². The van der Waals surface area contributed by atoms with E-state index in [1.165, 1.54) is 6.26 Å². The molecule has 1 fully saturated rings. The van der Waals surface area contributed by atoms with Crippen molar-refractivity contribution in [1.82, 2.24) is 15.4 Å². The smallest absolute Gasteiger partial charge is 0.227 e. The summed E-state index contributed by atoms with van der Waals surface area (Å²) >= 11 is 0. The van der Waals surface area contributed by atoms with Crippen LogP contribution in [-0.4, -0.2) is 36.1 Å². The zero-order valence-corrected chi connectivity index (χ0v) is 8.77. The predicted octanol–water partition coefficient (Wildman–Crippen LogP) is 0.242. The first-order chi connectivity index (χ1) is 7.27. The Kier molecular flexibility index (Phi) is 3.01. The fourth-order valence-electron chi connectivity index (χ4n) is 1.82. The summed E-state index contributed by atoms with van der Waals surface area (Å²) in [5, 5.41) is 6.97. The van der Waals surface area contributed by atoms with Gasteiger partial charge in [0.1, 0.15) is 12.0 Å². The average molecular weight is 209 g/mol. The first-order valence-corrected chi connectivity index (χ1v) is 5.12. The zero-order valence-electron chi connectivity index (χ0n) is 8.77. The molecule has 1 saturated heterocycles. The summed E-state index contributed by atoms with van der Waals surface area (Å²) < 4.78 is 4.72. The average Bonchev–Trinajstić information content (AvgIpc) is 2.88. The molecule has 1 N–H and O–H groups in total. The van der Waals surface area contributed by atoms with Crippen molar-refractivity contribution in [2.45, 2.75) is 13.0 Å². The molecule has 1 aliphatic heterocycles. The van der Waals surface area contributed by atoms with E-state index in [-0.39, 0.29) is 11.8 Å². The Balaban J connectivity index is 1.89. The van der Waals surface area contributed by atoms with Crippen molar-refractivity contribution in [3.8, 4) is 0 Å². The highest BCUT2D eigenvalue weighted by Crippen LogP contribution is 2.12. The highest BCUT2D eigenvalue weighted by atomic mass is 16.5. The van der Waals surface area contributed by atoms with Gasteiger partial charge in [0, 0.05) is 19.7 Å². The SMILES string of the molecule is CN(Cc1ccon1)C(=O)[C@H]1CCNC1. The van der Waals surface area contributed by atoms with Crippen LogP contribution >= 0.6 is 0 Å². The molecule has 0 bridgehead atoms. The second-order valence-electron chi connectivity index (χ2n) is 3.87. The second-order valence-corrected chi connectivity index (χ2v) is 3.87. The third-order valence-electron chi connectivity index (χ3n) is 2.68. The number of rotatable bonds is 3. The lowest BCUT2D eigenvalue weighted by Crippen LogP contribution is -2.33. The summed E-state index contributed by atoms with van der Waals surface area (Å²) in [5.41, 5.74) is 0.789. The van der Waals surface area contributed by atoms with Gasteiger partial charge in [-0.15, -0.1) is 0 Å². The number of amides is 1. The largest absolute Gasteiger partial charge is 0.364 e. The van der Waals surface area contributed by atoms with Crippen LogP contribution in [0.2, 0.25) is 0 Å². The minimum atomic E-state index is 0.127. The first kappa shape index (κ1) is 10.2. The zero-order chi connectivity index (χ0) is 10.7. The number of nitrogens with one attached hydrogen (secondary N) is 1. The first-order valence-electron chi connectivity index (χ1n) is 5.12. The summed E-state index contributed by atoms with van der Waals surface area (Å²) in [5.74, 6) is 0.310. The van der Waals surface area contributed by atoms with Crippen LogP contribution < -0.4 is 5.32 Å². The minimum Gasteiger partial charge on any atom is -0.364 e. The molecule has 0 aliphatic carbocycles. The van der Waals surface area contributed by atoms with Crippen LogP contribution in [0.3, 0.4) is 0 Å². The predicted molar refractivity (Wildman–Crippen MR) is 54.0 cm³/mol. The molecule has 5 nitrogen and oxygen atoms in total. The quantitative estimate of drug-likeness (QED) is 0.775. The topological polar surface area (TPSA) is 58.4 Å². The summed E-state index contributed by atoms with van der Waals surface area (Å²) in [6, 6.07) is 1.77. The third-order valence-corrected chi connectivity index (χ3v) is 2.68. The highest BCUT2D eigenvalue weighted by molar-refractivity contribution is 5.79. The molecule has 15 heavy (non-hydrogen) atoms. The van der Waals surface area contributed by atoms with Crippen molar-refractivity contribution in [3.63, 3.8) is 0 Å². The Morgan fingerprint density at radius 1 is 1.80 bits per heavy atom. The fourth-order valence-corrected chi connectivity index (χ4v) is 1.82. The lowest BCUT2D eigenvalue weighted by atomic mass is 10.1. The van der Waals surface area contributed by atoms with Crippen molar-refractivity contribution in [3.05, 3.63) is 18.0 Å². The lowest BCUT2D eigenvalue weighted by Gasteiger charge is -2.19. The van der Waals surface area contributed by atoms with E-state index in [0.717, 1.165) is 25.2 Å². The van der Waals surface area contributed by atoms with Crippen molar-refractivity contribution >= 4 is 5.91 Å². The maximum Gasteiger partial charge on any atom is 0.227 e. The summed E-state index contributed by atoms with van der Waals surface area (Å²) in [4.78, 5) is 13.6. The molecule has 2 heterocycles. The van der Waals surface area contributed by atoms with Crippen molar-refractivity contribution in [2.24, 2.45) is 5.92 Å². The molecule has 82 valence electrons. The van der Waals surface area contributed by atoms with E-state index in [1.807, 2.05) is 0 Å². The van der Waals surface area contributed by atoms with Gasteiger partial charge in [0.15, 0.2) is 0 Å². The third kappa shape index (κ3) is 2.36. The molecule has 0 spiro atoms. The lowest BCUT2D eigenvalue weighted by molar-refractivity contribution is -0.134. The van der Waals surface area contributed by atoms with Gasteiger partial charge in [-0.25, -0.2) is 0 Å². The number of aromatic nitrogens is 1. The van der Waals surface area contributed by atoms with Gasteiger partial charge in [0.25, 0.3) is 0 Å². The summed E-state index contributed by atoms with van der Waals surface area (Å²) in [6.45, 7) is 2.25. The van der Waals surface area contributed by atoms with Gasteiger partial charge in [0.05, 0.1) is 12.5 Å². The van der Waals surface area contributed by atoms with E-state index in [0.29, 0.717) is 6.54 Å². The molecule has 0 unspecified atom stereocenters. The molecule has 1 atom stereocenters. The van der Waals surface area contributed by atoms with Gasteiger partial charge in [-0.05, 0) is 13.0 Å². The molecular formula is C10H15N3O2. The minimum absolute atomic E-state index is 0.127. The van der Waals surface area contributed by atoms with Crippen LogP contribution in [0, 0.1) is 5.92 Å². The Labute approximate surface area is 88.4 Å². The van der Waals surface area contributed by atoms with Crippen LogP contribution in [0.1, 0.15) is 12.1 Å². The van der Waals surface area contributed by atoms with Gasteiger partial charge in [-0.1, -0.05) is 5.16 Å². The Bertz CT molecular complexity index is 317. The van der Waals surface area contributed by atoms with E-state index in [2.05, 4.69) is 10.5 Å². The van der Waals surface area contributed by atoms with E-state index < -0.39 is 0 Å². The maximum atomic E-state index is 11.9. The molecule has 0 radical (unpaired) electrons. The molecule has 1 aromatic heterocycles. The number of carbonyl (C=O) groups is 1. The van der Waals surface area contributed by atoms with E-state index >= 15 is 0 Å². The molecule has 1 aliphatic rings. The summed E-state index contributed by atoms with van der Waals surface area (Å²) in [6.07, 6.45) is 2.45. The fraction of sp³-hybridized carbons (Fsp3) is 0.600. The van der Waals surface area contributed by atoms with Crippen molar-refractivity contribution in [2.75, 3.05) is 20.1 Å². The van der Waals surface area contributed by atoms with Gasteiger partial charge in [-0.3, -0.25) is 4.79 Å². The van der Waals surface area contributed by atoms with Crippen LogP contribution in [0.4, 0.5) is 0 Å². The van der Waals surface area contributed by atoms with Crippen molar-refractivity contribution in [1.29, 1.82) is 0 Å². The molecule has 0 saturated carbocycles. The normalized spacial score (nSPS) is 20.5. The number of carbonyl (C=O) groups excluding carboxylic acids is 1. The molecule has 5 heteroatoms. The van der Waals surface area contributed by atoms with Gasteiger partial charge < -0.3 is 14.7 Å². The molecular weight excluding hydrogens is 194 g/mol. The van der Waals surface area contributed by atoms with E-state index in [1.54, 1.807) is 18.0 Å². The van der Waals surface area contributed by atoms with E-state index in [4.69, 9.17) is 4.52 Å². The number of hydrogen-bond donors (Lipinski definition) is 1. The van der Waals surface area contributed by atoms with Gasteiger partial charge >= 0.3 is 0 Å². The van der Waals surface area contributed by atoms with Crippen LogP contribution in [-0.2, 0) is 11.3 Å². The Morgan fingerprint density at radius 3 is 3.27 bits per heavy atom. The standard InChI is InChI=1S/C10H15N3O2/c1-13(7-9-3-5-15-12-9)10(14)8-2-4-11-6-8/h3,5,8,11H,2,4,6-7H2,1H3/t8-/m0/s1. The monoisotopic (exact) mass is 209 g/mol. The molecule has 0 aromatic carbocycles. The molecule has 1 aromatic rings. The van der Waals surface area contributed by atoms with Gasteiger partial charge in [0.2, 0.25) is 5.91 Å². The number of nitrogens with zero attached hydrogens (tertiary/aromatic N) is 2. The van der Waals surface area contributed by atoms with Crippen LogP contribution in [0.15, 0.2) is 16.9 Å². The molecule has 1 amide bonds. The number of hydrogen-bond acceptors (Lipinski definition) is 4. The van der Waals surface area contributed by atoms with E-state index in [9.17, 15) is 4.79 Å². The second kappa shape index (κ2) is 4.44. The highest BCUT2D eigenvalue weighted by Gasteiger charge is 2.25. The van der Waals surface area contributed by atoms with Crippen molar-refractivity contribution < 1.29 is 9.32 Å². The Morgan fingerprint density at radius 2 is 2.67 bits per heavy atom. The summed E-state index contributed by atoms with van der Waals surface area (Å²) in [7, 11) is 1.80. The maximum absolute atomic E-state index is 11.9. The van der Waals surface area contributed by atoms with Gasteiger partial charge in [-0.2, -0.15) is 0 Å². The molecule has 2 rings (SSSR count). The van der Waals surface area contributed by atoms with Crippen LogP contribution in [0.5, 0.6) is 0 Å². The Hall–Kier alpha value is -1.36.